The molecule has 0 fully saturated rings. The molecule has 0 radical (unpaired) electrons. The third-order valence-corrected chi connectivity index (χ3v) is 6.62. The molecule has 4 aromatic rings. The van der Waals surface area contributed by atoms with Gasteiger partial charge in [0.25, 0.3) is 5.91 Å². The third kappa shape index (κ3) is 3.32. The third-order valence-electron chi connectivity index (χ3n) is 5.49. The molecule has 2 aromatic carbocycles. The molecule has 0 spiro atoms. The minimum atomic E-state index is -1.12. The molecule has 7 nitrogen and oxygen atoms in total. The zero-order chi connectivity index (χ0) is 24.0. The Balaban J connectivity index is 1.73. The van der Waals surface area contributed by atoms with E-state index in [4.69, 9.17) is 9.15 Å². The van der Waals surface area contributed by atoms with Crippen LogP contribution in [0, 0.1) is 12.7 Å². The van der Waals surface area contributed by atoms with Crippen LogP contribution >= 0.6 is 11.3 Å². The highest BCUT2D eigenvalue weighted by molar-refractivity contribution is 7.17. The van der Waals surface area contributed by atoms with E-state index >= 15 is 0 Å². The van der Waals surface area contributed by atoms with Crippen LogP contribution in [-0.2, 0) is 4.74 Å². The number of halogens is 1. The normalized spacial score (nSPS) is 14.9. The van der Waals surface area contributed by atoms with Crippen LogP contribution in [0.15, 0.2) is 70.4 Å². The minimum absolute atomic E-state index is 0.0163. The Bertz CT molecular complexity index is 1540. The van der Waals surface area contributed by atoms with Crippen LogP contribution in [0.1, 0.15) is 43.1 Å². The van der Waals surface area contributed by atoms with Gasteiger partial charge in [0.2, 0.25) is 5.76 Å². The summed E-state index contributed by atoms with van der Waals surface area (Å²) in [6, 6.07) is 11.3. The molecule has 1 amide bonds. The number of anilines is 1. The van der Waals surface area contributed by atoms with Gasteiger partial charge < -0.3 is 9.15 Å². The Kier molecular flexibility index (Phi) is 5.33. The summed E-state index contributed by atoms with van der Waals surface area (Å²) in [5.74, 6) is -2.04. The number of para-hydroxylation sites is 1. The highest BCUT2D eigenvalue weighted by Gasteiger charge is 2.46. The monoisotopic (exact) mass is 476 g/mol. The summed E-state index contributed by atoms with van der Waals surface area (Å²) >= 11 is 0.923. The molecule has 0 N–H and O–H groups in total. The number of carbonyl (C=O) groups is 2. The first-order chi connectivity index (χ1) is 16.4. The van der Waals surface area contributed by atoms with Gasteiger partial charge in [0.1, 0.15) is 28.9 Å². The fourth-order valence-electron chi connectivity index (χ4n) is 3.98. The maximum Gasteiger partial charge on any atom is 0.350 e. The number of hydrogen-bond acceptors (Lipinski definition) is 7. The van der Waals surface area contributed by atoms with Crippen LogP contribution < -0.4 is 10.3 Å². The van der Waals surface area contributed by atoms with Crippen molar-refractivity contribution in [3.05, 3.63) is 105 Å². The number of aryl methyl sites for hydroxylation is 1. The number of amides is 1. The number of thiazole rings is 1. The second-order valence-electron chi connectivity index (χ2n) is 7.57. The first-order valence-electron chi connectivity index (χ1n) is 10.3. The number of rotatable bonds is 5. The number of aromatic nitrogens is 1. The van der Waals surface area contributed by atoms with Crippen LogP contribution in [0.25, 0.3) is 11.0 Å². The Morgan fingerprint density at radius 1 is 1.24 bits per heavy atom. The molecule has 3 heterocycles. The van der Waals surface area contributed by atoms with Gasteiger partial charge in [0.15, 0.2) is 10.6 Å². The fourth-order valence-corrected chi connectivity index (χ4v) is 4.97. The molecule has 0 saturated heterocycles. The lowest BCUT2D eigenvalue weighted by Gasteiger charge is -2.22. The highest BCUT2D eigenvalue weighted by atomic mass is 32.1. The minimum Gasteiger partial charge on any atom is -0.457 e. The van der Waals surface area contributed by atoms with E-state index in [0.29, 0.717) is 5.69 Å². The van der Waals surface area contributed by atoms with E-state index in [-0.39, 0.29) is 44.5 Å². The van der Waals surface area contributed by atoms with Crippen molar-refractivity contribution in [2.45, 2.75) is 13.0 Å². The zero-order valence-corrected chi connectivity index (χ0v) is 18.7. The van der Waals surface area contributed by atoms with Gasteiger partial charge in [-0.05, 0) is 25.1 Å². The van der Waals surface area contributed by atoms with Crippen molar-refractivity contribution in [3.63, 3.8) is 0 Å². The smallest absolute Gasteiger partial charge is 0.350 e. The molecule has 2 aromatic heterocycles. The summed E-state index contributed by atoms with van der Waals surface area (Å²) in [5, 5.41) is 0.400. The largest absolute Gasteiger partial charge is 0.457 e. The zero-order valence-electron chi connectivity index (χ0n) is 17.9. The van der Waals surface area contributed by atoms with Gasteiger partial charge in [-0.3, -0.25) is 14.5 Å². The van der Waals surface area contributed by atoms with Crippen LogP contribution in [0.3, 0.4) is 0 Å². The first kappa shape index (κ1) is 21.7. The van der Waals surface area contributed by atoms with Crippen molar-refractivity contribution in [1.29, 1.82) is 0 Å². The number of fused-ring (bicyclic) bond motifs is 2. The molecule has 170 valence electrons. The van der Waals surface area contributed by atoms with Crippen LogP contribution in [0.2, 0.25) is 0 Å². The van der Waals surface area contributed by atoms with Crippen LogP contribution in [0.4, 0.5) is 9.52 Å². The van der Waals surface area contributed by atoms with E-state index in [1.807, 2.05) is 0 Å². The van der Waals surface area contributed by atoms with E-state index in [9.17, 15) is 18.8 Å². The number of nitrogens with zero attached hydrogens (tertiary/aromatic N) is 2. The van der Waals surface area contributed by atoms with Gasteiger partial charge in [-0.25, -0.2) is 14.2 Å². The Morgan fingerprint density at radius 2 is 1.97 bits per heavy atom. The van der Waals surface area contributed by atoms with Crippen molar-refractivity contribution < 1.29 is 23.1 Å². The van der Waals surface area contributed by atoms with Gasteiger partial charge >= 0.3 is 5.97 Å². The Morgan fingerprint density at radius 3 is 2.74 bits per heavy atom. The van der Waals surface area contributed by atoms with E-state index in [1.165, 1.54) is 29.2 Å². The van der Waals surface area contributed by atoms with E-state index < -0.39 is 29.2 Å². The molecule has 0 aliphatic carbocycles. The SMILES string of the molecule is C=CCOC(=O)c1sc(N2C(=O)c3oc4ccccc4c(=O)c3C2c2ccccc2F)nc1C. The lowest BCUT2D eigenvalue weighted by molar-refractivity contribution is 0.0554. The maximum absolute atomic E-state index is 15.0. The standard InChI is InChI=1S/C25H17FN2O5S/c1-3-12-32-24(31)22-13(2)27-25(34-22)28-19(14-8-4-6-10-16(14)26)18-20(29)15-9-5-7-11-17(15)33-21(18)23(28)30/h3-11,19H,1,12H2,2H3. The summed E-state index contributed by atoms with van der Waals surface area (Å²) < 4.78 is 25.9. The predicted octanol–water partition coefficient (Wildman–Crippen LogP) is 4.79. The molecule has 9 heteroatoms. The first-order valence-corrected chi connectivity index (χ1v) is 11.1. The van der Waals surface area contributed by atoms with E-state index in [2.05, 4.69) is 11.6 Å². The molecule has 1 aliphatic heterocycles. The van der Waals surface area contributed by atoms with Gasteiger partial charge in [0, 0.05) is 5.56 Å². The topological polar surface area (TPSA) is 89.7 Å². The molecular weight excluding hydrogens is 459 g/mol. The van der Waals surface area contributed by atoms with Crippen molar-refractivity contribution in [2.75, 3.05) is 11.5 Å². The van der Waals surface area contributed by atoms with Gasteiger partial charge in [-0.1, -0.05) is 54.3 Å². The van der Waals surface area contributed by atoms with Crippen molar-refractivity contribution in [1.82, 2.24) is 4.98 Å². The second-order valence-corrected chi connectivity index (χ2v) is 8.54. The summed E-state index contributed by atoms with van der Waals surface area (Å²) in [6.07, 6.45) is 1.44. The molecule has 1 aliphatic rings. The lowest BCUT2D eigenvalue weighted by Crippen LogP contribution is -2.30. The van der Waals surface area contributed by atoms with E-state index in [1.54, 1.807) is 37.3 Å². The summed E-state index contributed by atoms with van der Waals surface area (Å²) in [5.41, 5.74) is 0.297. The van der Waals surface area contributed by atoms with E-state index in [0.717, 1.165) is 11.3 Å². The average molecular weight is 476 g/mol. The number of esters is 1. The van der Waals surface area contributed by atoms with Crippen LogP contribution in [0.5, 0.6) is 0 Å². The van der Waals surface area contributed by atoms with Gasteiger partial charge in [0.05, 0.1) is 16.6 Å². The molecule has 1 atom stereocenters. The predicted molar refractivity (Wildman–Crippen MR) is 125 cm³/mol. The quantitative estimate of drug-likeness (QED) is 0.304. The molecule has 0 saturated carbocycles. The number of ether oxygens (including phenoxy) is 1. The number of hydrogen-bond donors (Lipinski definition) is 0. The number of benzene rings is 2. The molecule has 5 rings (SSSR count). The average Bonchev–Trinajstić information content (AvgIpc) is 3.35. The van der Waals surface area contributed by atoms with Crippen molar-refractivity contribution in [2.24, 2.45) is 0 Å². The summed E-state index contributed by atoms with van der Waals surface area (Å²) in [7, 11) is 0. The Hall–Kier alpha value is -4.11. The summed E-state index contributed by atoms with van der Waals surface area (Å²) in [4.78, 5) is 45.3. The van der Waals surface area contributed by atoms with Crippen molar-refractivity contribution >= 4 is 39.3 Å². The number of carbonyl (C=O) groups excluding carboxylic acids is 2. The maximum atomic E-state index is 15.0. The highest BCUT2D eigenvalue weighted by Crippen LogP contribution is 2.43. The van der Waals surface area contributed by atoms with Gasteiger partial charge in [-0.15, -0.1) is 0 Å². The second kappa shape index (κ2) is 8.35. The van der Waals surface area contributed by atoms with Crippen LogP contribution in [-0.4, -0.2) is 23.5 Å². The molecule has 34 heavy (non-hydrogen) atoms. The Labute approximate surface area is 196 Å². The van der Waals surface area contributed by atoms with Crippen molar-refractivity contribution in [3.8, 4) is 0 Å². The van der Waals surface area contributed by atoms with Gasteiger partial charge in [-0.2, -0.15) is 0 Å². The molecular formula is C25H17FN2O5S. The lowest BCUT2D eigenvalue weighted by atomic mass is 9.98. The fraction of sp³-hybridized carbons (Fsp3) is 0.120. The summed E-state index contributed by atoms with van der Waals surface area (Å²) in [6.45, 7) is 5.14. The molecule has 1 unspecified atom stereocenters. The molecule has 0 bridgehead atoms.